The van der Waals surface area contributed by atoms with Crippen LogP contribution in [0.4, 0.5) is 11.4 Å². The predicted octanol–water partition coefficient (Wildman–Crippen LogP) is 7.54. The van der Waals surface area contributed by atoms with Gasteiger partial charge in [0.2, 0.25) is 0 Å². The number of hydrogen-bond acceptors (Lipinski definition) is 2. The quantitative estimate of drug-likeness (QED) is 0.347. The molecule has 1 unspecified atom stereocenters. The van der Waals surface area contributed by atoms with Crippen LogP contribution in [-0.2, 0) is 0 Å². The number of nitrogens with zero attached hydrogens (tertiary/aromatic N) is 1. The van der Waals surface area contributed by atoms with E-state index >= 15 is 0 Å². The van der Waals surface area contributed by atoms with Gasteiger partial charge in [-0.2, -0.15) is 0 Å². The molecule has 0 amide bonds. The number of hydrogen-bond donors (Lipinski definition) is 0. The van der Waals surface area contributed by atoms with Crippen LogP contribution in [0.5, 0.6) is 0 Å². The van der Waals surface area contributed by atoms with Crippen LogP contribution in [0.2, 0.25) is 0 Å². The van der Waals surface area contributed by atoms with E-state index in [-0.39, 0.29) is 0 Å². The summed E-state index contributed by atoms with van der Waals surface area (Å²) in [5.41, 5.74) is 3.57. The number of allylic oxidation sites excluding steroid dienone is 4. The van der Waals surface area contributed by atoms with Gasteiger partial charge in [-0.3, -0.25) is 0 Å². The average Bonchev–Trinajstić information content (AvgIpc) is 3.29. The topological polar surface area (TPSA) is 3.24 Å². The summed E-state index contributed by atoms with van der Waals surface area (Å²) in [5.74, 6) is 0.517. The molecule has 0 radical (unpaired) electrons. The van der Waals surface area contributed by atoms with Gasteiger partial charge in [0.15, 0.2) is 0 Å². The highest BCUT2D eigenvalue weighted by atomic mass is 32.1. The molecular formula is C27H21NS. The first-order valence-electron chi connectivity index (χ1n) is 9.88. The van der Waals surface area contributed by atoms with Gasteiger partial charge in [-0.05, 0) is 59.8 Å². The molecule has 0 aliphatic heterocycles. The molecular weight excluding hydrogens is 370 g/mol. The second kappa shape index (κ2) is 7.62. The molecule has 29 heavy (non-hydrogen) atoms. The first-order chi connectivity index (χ1) is 14.3. The van der Waals surface area contributed by atoms with E-state index in [1.807, 2.05) is 17.4 Å². The second-order valence-corrected chi connectivity index (χ2v) is 8.42. The van der Waals surface area contributed by atoms with E-state index in [0.717, 1.165) is 23.2 Å². The molecule has 0 bridgehead atoms. The van der Waals surface area contributed by atoms with Crippen LogP contribution < -0.4 is 4.90 Å². The summed E-state index contributed by atoms with van der Waals surface area (Å²) in [5, 5.41) is 2.28. The van der Waals surface area contributed by atoms with Crippen molar-refractivity contribution in [2.45, 2.75) is 12.3 Å². The van der Waals surface area contributed by atoms with E-state index in [2.05, 4.69) is 109 Å². The van der Waals surface area contributed by atoms with E-state index < -0.39 is 0 Å². The van der Waals surface area contributed by atoms with Gasteiger partial charge in [-0.15, -0.1) is 11.3 Å². The lowest BCUT2D eigenvalue weighted by molar-refractivity contribution is 0.873. The smallest absolute Gasteiger partial charge is 0.0573 e. The van der Waals surface area contributed by atoms with Crippen molar-refractivity contribution in [3.05, 3.63) is 108 Å². The number of fused-ring (bicyclic) bond motifs is 1. The Morgan fingerprint density at radius 1 is 0.966 bits per heavy atom. The fourth-order valence-corrected chi connectivity index (χ4v) is 4.95. The van der Waals surface area contributed by atoms with Crippen LogP contribution in [0, 0.1) is 12.1 Å². The van der Waals surface area contributed by atoms with Crippen molar-refractivity contribution in [1.82, 2.24) is 0 Å². The number of thiophene rings is 1. The lowest BCUT2D eigenvalue weighted by atomic mass is 9.99. The third-order valence-corrected chi connectivity index (χ3v) is 6.76. The van der Waals surface area contributed by atoms with Crippen molar-refractivity contribution >= 4 is 33.5 Å². The molecule has 1 nitrogen and oxygen atoms in total. The maximum Gasteiger partial charge on any atom is 0.0573 e. The highest BCUT2D eigenvalue weighted by Gasteiger charge is 2.13. The minimum atomic E-state index is 0.517. The maximum absolute atomic E-state index is 3.27. The molecule has 5 rings (SSSR count). The molecule has 0 spiro atoms. The minimum Gasteiger partial charge on any atom is -0.344 e. The van der Waals surface area contributed by atoms with Crippen molar-refractivity contribution in [1.29, 1.82) is 0 Å². The molecule has 1 aromatic heterocycles. The Hall–Kier alpha value is -3.28. The molecule has 140 valence electrons. The molecule has 1 atom stereocenters. The third-order valence-electron chi connectivity index (χ3n) is 5.49. The van der Waals surface area contributed by atoms with Crippen molar-refractivity contribution in [3.63, 3.8) is 0 Å². The summed E-state index contributed by atoms with van der Waals surface area (Å²) < 4.78 is 0. The molecule has 4 aromatic rings. The van der Waals surface area contributed by atoms with Gasteiger partial charge < -0.3 is 4.90 Å². The average molecular weight is 392 g/mol. The number of benzene rings is 2. The largest absolute Gasteiger partial charge is 0.344 e. The standard InChI is InChI=1S/C27H21NS/c1-28(25-13-7-11-20-8-5-6-12-24(20)25)23-16-14-22(15-17-23)27-19-18-26(29-27)21-9-3-2-4-10-21/h2-5,7-9,11,13-19,21H,10H2,1H3. The molecule has 1 aliphatic carbocycles. The Balaban J connectivity index is 1.41. The van der Waals surface area contributed by atoms with Gasteiger partial charge in [-0.1, -0.05) is 60.7 Å². The minimum absolute atomic E-state index is 0.517. The summed E-state index contributed by atoms with van der Waals surface area (Å²) in [4.78, 5) is 4.98. The summed E-state index contributed by atoms with van der Waals surface area (Å²) in [6, 6.07) is 30.1. The lowest BCUT2D eigenvalue weighted by Crippen LogP contribution is -2.09. The van der Waals surface area contributed by atoms with Crippen molar-refractivity contribution in [2.75, 3.05) is 11.9 Å². The summed E-state index contributed by atoms with van der Waals surface area (Å²) in [6.45, 7) is 0. The van der Waals surface area contributed by atoms with Gasteiger partial charge >= 0.3 is 0 Å². The molecule has 3 aromatic carbocycles. The number of anilines is 2. The predicted molar refractivity (Wildman–Crippen MR) is 125 cm³/mol. The van der Waals surface area contributed by atoms with Crippen LogP contribution in [0.25, 0.3) is 21.2 Å². The Kier molecular flexibility index (Phi) is 4.68. The number of rotatable bonds is 4. The zero-order valence-electron chi connectivity index (χ0n) is 16.3. The zero-order valence-corrected chi connectivity index (χ0v) is 17.1. The molecule has 0 N–H and O–H groups in total. The van der Waals surface area contributed by atoms with E-state index in [0.29, 0.717) is 5.92 Å². The first-order valence-corrected chi connectivity index (χ1v) is 10.7. The summed E-state index contributed by atoms with van der Waals surface area (Å²) in [7, 11) is 2.11. The fourth-order valence-electron chi connectivity index (χ4n) is 3.84. The van der Waals surface area contributed by atoms with Gasteiger partial charge in [0.1, 0.15) is 0 Å². The van der Waals surface area contributed by atoms with Crippen molar-refractivity contribution in [3.8, 4) is 10.4 Å². The van der Waals surface area contributed by atoms with Crippen LogP contribution in [0.15, 0.2) is 91.0 Å². The highest BCUT2D eigenvalue weighted by molar-refractivity contribution is 7.15. The summed E-state index contributed by atoms with van der Waals surface area (Å²) in [6.07, 6.45) is 9.93. The molecule has 0 saturated heterocycles. The third kappa shape index (κ3) is 3.46. The van der Waals surface area contributed by atoms with E-state index in [1.165, 1.54) is 20.7 Å². The lowest BCUT2D eigenvalue weighted by Gasteiger charge is -2.21. The molecule has 0 saturated carbocycles. The van der Waals surface area contributed by atoms with Gasteiger partial charge in [0.25, 0.3) is 0 Å². The molecule has 0 fully saturated rings. The van der Waals surface area contributed by atoms with Gasteiger partial charge in [-0.25, -0.2) is 0 Å². The van der Waals surface area contributed by atoms with E-state index in [4.69, 9.17) is 0 Å². The Labute approximate surface area is 176 Å². The van der Waals surface area contributed by atoms with Crippen LogP contribution in [-0.4, -0.2) is 7.05 Å². The van der Waals surface area contributed by atoms with Crippen LogP contribution in [0.1, 0.15) is 17.2 Å². The van der Waals surface area contributed by atoms with Crippen molar-refractivity contribution < 1.29 is 0 Å². The normalized spacial score (nSPS) is 15.4. The van der Waals surface area contributed by atoms with Gasteiger partial charge in [0, 0.05) is 28.4 Å². The van der Waals surface area contributed by atoms with Crippen LogP contribution >= 0.6 is 11.3 Å². The fraction of sp³-hybridized carbons (Fsp3) is 0.111. The molecule has 2 heteroatoms. The Bertz CT molecular complexity index is 1190. The maximum atomic E-state index is 3.27. The van der Waals surface area contributed by atoms with Crippen molar-refractivity contribution in [2.24, 2.45) is 0 Å². The van der Waals surface area contributed by atoms with E-state index in [9.17, 15) is 0 Å². The van der Waals surface area contributed by atoms with Gasteiger partial charge in [0.05, 0.1) is 11.1 Å². The first kappa shape index (κ1) is 17.8. The SMILES string of the molecule is CN(c1ccc(-c2ccc(C3C=CC=CC3)s2)cc1)c1cccc2ccc#cc12. The second-order valence-electron chi connectivity index (χ2n) is 7.31. The monoisotopic (exact) mass is 391 g/mol. The molecule has 1 aliphatic rings. The van der Waals surface area contributed by atoms with Crippen LogP contribution in [0.3, 0.4) is 0 Å². The Morgan fingerprint density at radius 2 is 1.86 bits per heavy atom. The zero-order chi connectivity index (χ0) is 19.6. The highest BCUT2D eigenvalue weighted by Crippen LogP contribution is 2.37. The van der Waals surface area contributed by atoms with E-state index in [1.54, 1.807) is 0 Å². The molecule has 1 heterocycles. The Morgan fingerprint density at radius 3 is 2.69 bits per heavy atom. The summed E-state index contributed by atoms with van der Waals surface area (Å²) >= 11 is 1.90.